The van der Waals surface area contributed by atoms with E-state index in [2.05, 4.69) is 27.8 Å². The lowest BCUT2D eigenvalue weighted by Gasteiger charge is -2.39. The van der Waals surface area contributed by atoms with Crippen molar-refractivity contribution >= 4 is 15.9 Å². The molecule has 2 aromatic carbocycles. The largest absolute Gasteiger partial charge is 0.492 e. The van der Waals surface area contributed by atoms with Gasteiger partial charge < -0.3 is 19.1 Å². The molecule has 2 heterocycles. The second-order valence-corrected chi connectivity index (χ2v) is 9.02. The third-order valence-corrected chi connectivity index (χ3v) is 6.69. The van der Waals surface area contributed by atoms with Crippen LogP contribution >= 0.6 is 15.9 Å². The standard InChI is InChI=1S/C24H29BrFNO3/c1-2-3-4-10-27-11-9-20(17-5-7-19(26)8-6-17)18(14-27)15-28-22-13-24-23(12-21(22)25)29-16-30-24/h5-8,12-13,18,20H,2-4,9-11,14-16H2,1H3/t18-,20-/m1/s1. The number of hydrogen-bond acceptors (Lipinski definition) is 4. The Morgan fingerprint density at radius 2 is 1.90 bits per heavy atom. The number of piperidine rings is 1. The molecule has 0 N–H and O–H groups in total. The van der Waals surface area contributed by atoms with Crippen LogP contribution in [0.25, 0.3) is 0 Å². The fraction of sp³-hybridized carbons (Fsp3) is 0.500. The molecule has 0 unspecified atom stereocenters. The highest BCUT2D eigenvalue weighted by atomic mass is 79.9. The summed E-state index contributed by atoms with van der Waals surface area (Å²) < 4.78 is 31.5. The van der Waals surface area contributed by atoms with Gasteiger partial charge in [-0.15, -0.1) is 0 Å². The number of likely N-dealkylation sites (tertiary alicyclic amines) is 1. The number of unbranched alkanes of at least 4 members (excludes halogenated alkanes) is 2. The number of fused-ring (bicyclic) bond motifs is 1. The molecule has 2 atom stereocenters. The molecule has 2 aliphatic rings. The summed E-state index contributed by atoms with van der Waals surface area (Å²) in [5.74, 6) is 2.73. The molecule has 0 amide bonds. The lowest BCUT2D eigenvalue weighted by molar-refractivity contribution is 0.109. The molecule has 0 spiro atoms. The third-order valence-electron chi connectivity index (χ3n) is 6.07. The molecule has 0 radical (unpaired) electrons. The van der Waals surface area contributed by atoms with E-state index in [0.717, 1.165) is 42.0 Å². The Hall–Kier alpha value is -1.79. The van der Waals surface area contributed by atoms with Crippen molar-refractivity contribution < 1.29 is 18.6 Å². The van der Waals surface area contributed by atoms with Crippen molar-refractivity contribution in [1.29, 1.82) is 0 Å². The van der Waals surface area contributed by atoms with Gasteiger partial charge in [0.05, 0.1) is 11.1 Å². The Morgan fingerprint density at radius 3 is 2.67 bits per heavy atom. The lowest BCUT2D eigenvalue weighted by Crippen LogP contribution is -2.42. The minimum absolute atomic E-state index is 0.187. The predicted molar refractivity (Wildman–Crippen MR) is 119 cm³/mol. The third kappa shape index (κ3) is 5.09. The summed E-state index contributed by atoms with van der Waals surface area (Å²) in [5, 5.41) is 0. The number of ether oxygens (including phenoxy) is 3. The number of nitrogens with zero attached hydrogens (tertiary/aromatic N) is 1. The van der Waals surface area contributed by atoms with Gasteiger partial charge in [-0.1, -0.05) is 31.9 Å². The van der Waals surface area contributed by atoms with Crippen LogP contribution in [0, 0.1) is 11.7 Å². The van der Waals surface area contributed by atoms with Gasteiger partial charge in [0.15, 0.2) is 11.5 Å². The number of benzene rings is 2. The Balaban J connectivity index is 1.47. The average molecular weight is 478 g/mol. The van der Waals surface area contributed by atoms with Crippen LogP contribution in [0.2, 0.25) is 0 Å². The fourth-order valence-electron chi connectivity index (χ4n) is 4.42. The monoisotopic (exact) mass is 477 g/mol. The Morgan fingerprint density at radius 1 is 1.13 bits per heavy atom. The number of rotatable bonds is 8. The van der Waals surface area contributed by atoms with Crippen LogP contribution in [-0.4, -0.2) is 37.9 Å². The van der Waals surface area contributed by atoms with Gasteiger partial charge in [-0.3, -0.25) is 0 Å². The Bertz CT molecular complexity index is 845. The number of halogens is 2. The normalized spacial score (nSPS) is 21.0. The zero-order chi connectivity index (χ0) is 20.9. The van der Waals surface area contributed by atoms with Crippen molar-refractivity contribution in [2.24, 2.45) is 5.92 Å². The molecule has 0 aromatic heterocycles. The molecule has 6 heteroatoms. The molecule has 1 fully saturated rings. The van der Waals surface area contributed by atoms with Gasteiger partial charge >= 0.3 is 0 Å². The van der Waals surface area contributed by atoms with E-state index in [4.69, 9.17) is 14.2 Å². The topological polar surface area (TPSA) is 30.9 Å². The predicted octanol–water partition coefficient (Wildman–Crippen LogP) is 5.99. The molecule has 0 bridgehead atoms. The van der Waals surface area contributed by atoms with E-state index in [1.54, 1.807) is 12.1 Å². The highest BCUT2D eigenvalue weighted by molar-refractivity contribution is 9.10. The highest BCUT2D eigenvalue weighted by Crippen LogP contribution is 2.41. The molecule has 1 saturated heterocycles. The van der Waals surface area contributed by atoms with Crippen LogP contribution in [0.3, 0.4) is 0 Å². The second-order valence-electron chi connectivity index (χ2n) is 8.16. The molecule has 30 heavy (non-hydrogen) atoms. The summed E-state index contributed by atoms with van der Waals surface area (Å²) >= 11 is 3.58. The van der Waals surface area contributed by atoms with Gasteiger partial charge in [0.1, 0.15) is 11.6 Å². The first kappa shape index (κ1) is 21.4. The summed E-state index contributed by atoms with van der Waals surface area (Å²) in [6.07, 6.45) is 4.80. The van der Waals surface area contributed by atoms with E-state index in [9.17, 15) is 4.39 Å². The lowest BCUT2D eigenvalue weighted by atomic mass is 9.80. The van der Waals surface area contributed by atoms with Crippen molar-refractivity contribution in [3.05, 3.63) is 52.3 Å². The van der Waals surface area contributed by atoms with Gasteiger partial charge in [0, 0.05) is 24.6 Å². The summed E-state index contributed by atoms with van der Waals surface area (Å²) in [6, 6.07) is 10.8. The molecule has 2 aliphatic heterocycles. The van der Waals surface area contributed by atoms with E-state index in [0.29, 0.717) is 24.2 Å². The first-order valence-electron chi connectivity index (χ1n) is 10.8. The van der Waals surface area contributed by atoms with E-state index < -0.39 is 0 Å². The van der Waals surface area contributed by atoms with Gasteiger partial charge in [-0.2, -0.15) is 0 Å². The van der Waals surface area contributed by atoms with Crippen LogP contribution < -0.4 is 14.2 Å². The summed E-state index contributed by atoms with van der Waals surface area (Å²) in [5.41, 5.74) is 1.20. The van der Waals surface area contributed by atoms with E-state index in [1.807, 2.05) is 24.3 Å². The first-order chi connectivity index (χ1) is 14.6. The van der Waals surface area contributed by atoms with Crippen molar-refractivity contribution in [2.75, 3.05) is 33.0 Å². The maximum Gasteiger partial charge on any atom is 0.231 e. The molecular formula is C24H29BrFNO3. The molecule has 162 valence electrons. The summed E-state index contributed by atoms with van der Waals surface area (Å²) in [7, 11) is 0. The van der Waals surface area contributed by atoms with Crippen molar-refractivity contribution in [3.8, 4) is 17.2 Å². The molecular weight excluding hydrogens is 449 g/mol. The summed E-state index contributed by atoms with van der Waals surface area (Å²) in [6.45, 7) is 6.29. The van der Waals surface area contributed by atoms with Gasteiger partial charge in [-0.25, -0.2) is 4.39 Å². The van der Waals surface area contributed by atoms with Gasteiger partial charge in [0.2, 0.25) is 6.79 Å². The van der Waals surface area contributed by atoms with Crippen LogP contribution in [0.15, 0.2) is 40.9 Å². The molecule has 0 saturated carbocycles. The van der Waals surface area contributed by atoms with Crippen LogP contribution in [0.1, 0.15) is 44.1 Å². The van der Waals surface area contributed by atoms with E-state index >= 15 is 0 Å². The zero-order valence-corrected chi connectivity index (χ0v) is 19.0. The molecule has 0 aliphatic carbocycles. The SMILES string of the molecule is CCCCCN1CC[C@H](c2ccc(F)cc2)[C@@H](COc2cc3c(cc2Br)OCO3)C1. The average Bonchev–Trinajstić information content (AvgIpc) is 3.20. The maximum absolute atomic E-state index is 13.4. The number of hydrogen-bond donors (Lipinski definition) is 0. The quantitative estimate of drug-likeness (QED) is 0.436. The zero-order valence-electron chi connectivity index (χ0n) is 17.4. The van der Waals surface area contributed by atoms with Crippen LogP contribution in [0.5, 0.6) is 17.2 Å². The molecule has 4 nitrogen and oxygen atoms in total. The van der Waals surface area contributed by atoms with Crippen LogP contribution in [-0.2, 0) is 0 Å². The van der Waals surface area contributed by atoms with E-state index in [-0.39, 0.29) is 12.6 Å². The highest BCUT2D eigenvalue weighted by Gasteiger charge is 2.31. The maximum atomic E-state index is 13.4. The second kappa shape index (κ2) is 10.0. The minimum atomic E-state index is -0.187. The first-order valence-corrected chi connectivity index (χ1v) is 11.6. The molecule has 2 aromatic rings. The van der Waals surface area contributed by atoms with Crippen molar-refractivity contribution in [2.45, 2.75) is 38.5 Å². The minimum Gasteiger partial charge on any atom is -0.492 e. The summed E-state index contributed by atoms with van der Waals surface area (Å²) in [4.78, 5) is 2.55. The van der Waals surface area contributed by atoms with E-state index in [1.165, 1.54) is 24.8 Å². The van der Waals surface area contributed by atoms with Crippen molar-refractivity contribution in [3.63, 3.8) is 0 Å². The Kier molecular flexibility index (Phi) is 7.16. The fourth-order valence-corrected chi connectivity index (χ4v) is 4.86. The van der Waals surface area contributed by atoms with Gasteiger partial charge in [0.25, 0.3) is 0 Å². The van der Waals surface area contributed by atoms with Gasteiger partial charge in [-0.05, 0) is 65.5 Å². The van der Waals surface area contributed by atoms with Crippen molar-refractivity contribution in [1.82, 2.24) is 4.90 Å². The smallest absolute Gasteiger partial charge is 0.231 e. The van der Waals surface area contributed by atoms with Crippen LogP contribution in [0.4, 0.5) is 4.39 Å². The Labute approximate surface area is 186 Å². The molecule has 4 rings (SSSR count).